The van der Waals surface area contributed by atoms with Gasteiger partial charge in [-0.25, -0.2) is 0 Å². The van der Waals surface area contributed by atoms with Crippen LogP contribution in [0, 0.1) is 26.2 Å². The van der Waals surface area contributed by atoms with Crippen molar-refractivity contribution < 1.29 is 89.2 Å². The molecule has 0 saturated heterocycles. The van der Waals surface area contributed by atoms with Crippen molar-refractivity contribution in [1.82, 2.24) is 0 Å². The second kappa shape index (κ2) is 26.8. The maximum atomic E-state index is 13.3. The van der Waals surface area contributed by atoms with Crippen LogP contribution >= 0.6 is 24.8 Å². The van der Waals surface area contributed by atoms with Crippen molar-refractivity contribution in [2.75, 3.05) is 0 Å². The fourth-order valence-corrected chi connectivity index (χ4v) is 9.00. The van der Waals surface area contributed by atoms with Crippen molar-refractivity contribution in [1.29, 1.82) is 0 Å². The Kier molecular flexibility index (Phi) is 24.1. The van der Waals surface area contributed by atoms with E-state index in [2.05, 4.69) is 13.8 Å². The zero-order valence-electron chi connectivity index (χ0n) is 38.3. The van der Waals surface area contributed by atoms with E-state index in [9.17, 15) is 65.9 Å². The minimum atomic E-state index is -4.86. The van der Waals surface area contributed by atoms with Gasteiger partial charge < -0.3 is 14.4 Å². The van der Waals surface area contributed by atoms with Crippen LogP contribution in [0.3, 0.4) is 0 Å². The summed E-state index contributed by atoms with van der Waals surface area (Å²) in [6.07, 6.45) is -10.7. The summed E-state index contributed by atoms with van der Waals surface area (Å²) in [5, 5.41) is 3.06. The first-order chi connectivity index (χ1) is 31.8. The Balaban J connectivity index is 0.000000408. The molecule has 0 N–H and O–H groups in total. The molecule has 2 saturated carbocycles. The molecule has 0 unspecified atom stereocenters. The summed E-state index contributed by atoms with van der Waals surface area (Å²) in [6, 6.07) is 21.6. The Morgan fingerprint density at radius 2 is 0.746 bits per heavy atom. The topological polar surface area (TPSA) is 0 Å². The predicted octanol–water partition coefficient (Wildman–Crippen LogP) is 19.5. The van der Waals surface area contributed by atoms with Crippen molar-refractivity contribution in [3.8, 4) is 22.3 Å². The quantitative estimate of drug-likeness (QED) is 0.0886. The van der Waals surface area contributed by atoms with Gasteiger partial charge in [-0.3, -0.25) is 0 Å². The fraction of sp³-hybridized carbons (Fsp3) is 0.385. The first-order valence-corrected chi connectivity index (χ1v) is 26.0. The van der Waals surface area contributed by atoms with E-state index in [0.717, 1.165) is 84.7 Å². The molecule has 0 heterocycles. The molecule has 6 aromatic rings. The summed E-state index contributed by atoms with van der Waals surface area (Å²) in [7, 11) is 0. The van der Waals surface area contributed by atoms with Gasteiger partial charge in [-0.2, -0.15) is 78.0 Å². The molecule has 6 aromatic carbocycles. The summed E-state index contributed by atoms with van der Waals surface area (Å²) in [5.41, 5.74) is -2.36. The molecule has 0 nitrogen and oxygen atoms in total. The summed E-state index contributed by atoms with van der Waals surface area (Å²) in [6.45, 7) is 5.69. The van der Waals surface area contributed by atoms with Gasteiger partial charge >= 0.3 is 61.1 Å². The van der Waals surface area contributed by atoms with Crippen LogP contribution in [0.1, 0.15) is 104 Å². The second-order valence-corrected chi connectivity index (χ2v) is 17.2. The van der Waals surface area contributed by atoms with E-state index >= 15 is 0 Å². The summed E-state index contributed by atoms with van der Waals surface area (Å²) >= 11 is 1.36. The van der Waals surface area contributed by atoms with E-state index in [1.807, 2.05) is 36.4 Å². The summed E-state index contributed by atoms with van der Waals surface area (Å²) in [4.78, 5) is 0. The molecule has 2 radical (unpaired) electrons. The van der Waals surface area contributed by atoms with Crippen LogP contribution in [-0.2, 0) is 60.9 Å². The van der Waals surface area contributed by atoms with Gasteiger partial charge in [-0.05, 0) is 72.2 Å². The molecule has 0 aromatic heterocycles. The predicted molar refractivity (Wildman–Crippen MR) is 253 cm³/mol. The van der Waals surface area contributed by atoms with Crippen molar-refractivity contribution in [3.63, 3.8) is 0 Å². The van der Waals surface area contributed by atoms with Gasteiger partial charge in [0.25, 0.3) is 0 Å². The Morgan fingerprint density at radius 3 is 1.00 bits per heavy atom. The molecule has 0 atom stereocenters. The van der Waals surface area contributed by atoms with Gasteiger partial charge in [0, 0.05) is 0 Å². The van der Waals surface area contributed by atoms with Gasteiger partial charge in [-0.1, -0.05) is 93.9 Å². The van der Waals surface area contributed by atoms with Crippen LogP contribution in [0.5, 0.6) is 0 Å². The van der Waals surface area contributed by atoms with E-state index in [1.54, 1.807) is 24.3 Å². The molecule has 2 aliphatic rings. The third-order valence-corrected chi connectivity index (χ3v) is 12.2. The molecule has 71 heavy (non-hydrogen) atoms. The van der Waals surface area contributed by atoms with Crippen LogP contribution in [0.25, 0.3) is 43.8 Å². The van der Waals surface area contributed by atoms with Gasteiger partial charge in [0.2, 0.25) is 0 Å². The summed E-state index contributed by atoms with van der Waals surface area (Å²) < 4.78 is 191. The molecule has 0 spiro atoms. The van der Waals surface area contributed by atoms with Gasteiger partial charge in [0.1, 0.15) is 0 Å². The monoisotopic (exact) mass is 1150 g/mol. The molecular formula is C52H51Cl2F15SiZr-4. The zero-order chi connectivity index (χ0) is 50.2. The van der Waals surface area contributed by atoms with Gasteiger partial charge in [0.15, 0.2) is 0 Å². The van der Waals surface area contributed by atoms with Crippen LogP contribution in [-0.4, -0.2) is 13.1 Å². The normalized spacial score (nSPS) is 14.9. The standard InChI is InChI=1S/2C24H21F6.C3H4F3.CH3.2ClH.Si.Zr/c2*25-23(26,27)19-12-18(13-20(14-19)24(28,29)30)21-8-4-7-17-10-16(11-22(17)21)9-15-5-2-1-3-6-15;1-2-3(4,5)6;;;;;/h2*4,7-8,10-15H,1-3,5-6,9H2;1-2H2;1H3;2*1H;;/q4*-1;;;;. The SMILES string of the molecule is Cl.Cl.FC(F)(F)c1cc(-c2cccc3[cH-]c(CC4CCCCC4)cc23)cc(C(F)(F)F)c1.FC(F)(F)c1cc(-c2cccc3[cH-]c(CC4CCCCC4)cc23)cc(C(F)(F)F)c1.[CH2-]CC(F)(F)F.[CH3-].[Si]=[Zr]. The van der Waals surface area contributed by atoms with E-state index in [4.69, 9.17) is 0 Å². The van der Waals surface area contributed by atoms with Crippen molar-refractivity contribution in [3.05, 3.63) is 145 Å². The van der Waals surface area contributed by atoms with Crippen LogP contribution in [0.4, 0.5) is 65.9 Å². The minimum absolute atomic E-state index is 0. The molecule has 0 bridgehead atoms. The van der Waals surface area contributed by atoms with Crippen molar-refractivity contribution >= 4 is 53.2 Å². The van der Waals surface area contributed by atoms with Crippen LogP contribution < -0.4 is 0 Å². The van der Waals surface area contributed by atoms with E-state index in [1.165, 1.54) is 61.9 Å². The molecule has 390 valence electrons. The molecular weight excluding hydrogens is 1100 g/mol. The first-order valence-electron chi connectivity index (χ1n) is 21.9. The van der Waals surface area contributed by atoms with E-state index in [-0.39, 0.29) is 55.5 Å². The number of rotatable bonds is 6. The third kappa shape index (κ3) is 18.3. The van der Waals surface area contributed by atoms with Crippen molar-refractivity contribution in [2.45, 2.75) is 114 Å². The van der Waals surface area contributed by atoms with Gasteiger partial charge in [0.05, 0.1) is 22.3 Å². The summed E-state index contributed by atoms with van der Waals surface area (Å²) in [5.74, 6) is 1.17. The molecule has 19 heteroatoms. The molecule has 0 amide bonds. The van der Waals surface area contributed by atoms with Crippen LogP contribution in [0.15, 0.2) is 97.1 Å². The molecule has 0 aliphatic heterocycles. The van der Waals surface area contributed by atoms with Gasteiger partial charge in [-0.15, -0.1) is 93.9 Å². The number of hydrogen-bond acceptors (Lipinski definition) is 0. The van der Waals surface area contributed by atoms with Crippen molar-refractivity contribution in [2.24, 2.45) is 11.8 Å². The first kappa shape index (κ1) is 63.8. The number of hydrogen-bond donors (Lipinski definition) is 0. The average Bonchev–Trinajstić information content (AvgIpc) is 3.90. The fourth-order valence-electron chi connectivity index (χ4n) is 9.00. The van der Waals surface area contributed by atoms with Crippen LogP contribution in [0.2, 0.25) is 0 Å². The molecule has 8 rings (SSSR count). The third-order valence-electron chi connectivity index (χ3n) is 12.2. The number of halogens is 17. The molecule has 2 fully saturated rings. The second-order valence-electron chi connectivity index (χ2n) is 17.2. The maximum absolute atomic E-state index is 13.3. The number of benzene rings is 4. The van der Waals surface area contributed by atoms with E-state index < -0.39 is 59.6 Å². The Labute approximate surface area is 433 Å². The Hall–Kier alpha value is -3.27. The zero-order valence-corrected chi connectivity index (χ0v) is 43.4. The Bertz CT molecular complexity index is 2340. The number of alkyl halides is 15. The molecule has 2 aliphatic carbocycles. The average molecular weight is 1150 g/mol. The Morgan fingerprint density at radius 1 is 0.465 bits per heavy atom. The number of fused-ring (bicyclic) bond motifs is 2. The van der Waals surface area contributed by atoms with E-state index in [0.29, 0.717) is 33.7 Å².